The topological polar surface area (TPSA) is 43.4 Å². The molecule has 1 saturated heterocycles. The number of rotatable bonds is 5. The van der Waals surface area contributed by atoms with Gasteiger partial charge < -0.3 is 4.74 Å². The van der Waals surface area contributed by atoms with Crippen molar-refractivity contribution in [1.82, 2.24) is 0 Å². The number of Topliss-reactive ketones (excluding diaryl/α,β-unsaturated/α-hetero) is 1. The maximum Gasteiger partial charge on any atom is 0.306 e. The van der Waals surface area contributed by atoms with Crippen LogP contribution in [0.4, 0.5) is 0 Å². The highest BCUT2D eigenvalue weighted by Crippen LogP contribution is 2.36. The van der Waals surface area contributed by atoms with Gasteiger partial charge in [-0.15, -0.1) is 0 Å². The Morgan fingerprint density at radius 3 is 2.65 bits per heavy atom. The Morgan fingerprint density at radius 2 is 2.00 bits per heavy atom. The Kier molecular flexibility index (Phi) is 5.24. The molecule has 0 N–H and O–H groups in total. The zero-order chi connectivity index (χ0) is 14.5. The van der Waals surface area contributed by atoms with E-state index in [4.69, 9.17) is 4.74 Å². The van der Waals surface area contributed by atoms with Crippen LogP contribution in [0, 0.1) is 12.8 Å². The lowest BCUT2D eigenvalue weighted by atomic mass is 9.90. The average Bonchev–Trinajstić information content (AvgIpc) is 2.87. The number of thioether (sulfide) groups is 1. The number of carbonyl (C=O) groups is 2. The predicted molar refractivity (Wildman–Crippen MR) is 81.1 cm³/mol. The van der Waals surface area contributed by atoms with Gasteiger partial charge in [0, 0.05) is 16.7 Å². The summed E-state index contributed by atoms with van der Waals surface area (Å²) in [5.74, 6) is 0.830. The van der Waals surface area contributed by atoms with E-state index in [0.717, 1.165) is 23.3 Å². The summed E-state index contributed by atoms with van der Waals surface area (Å²) in [5.41, 5.74) is 1.89. The summed E-state index contributed by atoms with van der Waals surface area (Å²) in [6.07, 6.45) is 1.18. The second-order valence-electron chi connectivity index (χ2n) is 5.04. The van der Waals surface area contributed by atoms with Crippen LogP contribution in [-0.4, -0.2) is 29.4 Å². The van der Waals surface area contributed by atoms with Gasteiger partial charge in [-0.3, -0.25) is 9.59 Å². The number of carbonyl (C=O) groups excluding carboxylic acids is 2. The maximum atomic E-state index is 12.5. The van der Waals surface area contributed by atoms with Crippen molar-refractivity contribution < 1.29 is 14.3 Å². The normalized spacial score (nSPS) is 21.7. The van der Waals surface area contributed by atoms with E-state index in [1.165, 1.54) is 0 Å². The molecule has 108 valence electrons. The van der Waals surface area contributed by atoms with E-state index < -0.39 is 0 Å². The average molecular weight is 292 g/mol. The number of aryl methyl sites for hydroxylation is 1. The maximum absolute atomic E-state index is 12.5. The van der Waals surface area contributed by atoms with Crippen molar-refractivity contribution in [3.63, 3.8) is 0 Å². The molecule has 0 amide bonds. The molecule has 2 rings (SSSR count). The lowest BCUT2D eigenvalue weighted by Crippen LogP contribution is -2.25. The van der Waals surface area contributed by atoms with Gasteiger partial charge in [0.2, 0.25) is 0 Å². The fourth-order valence-corrected chi connectivity index (χ4v) is 3.90. The first-order valence-corrected chi connectivity index (χ1v) is 8.04. The molecule has 0 spiro atoms. The Bertz CT molecular complexity index is 481. The summed E-state index contributed by atoms with van der Waals surface area (Å²) in [6.45, 7) is 4.20. The molecule has 1 aliphatic rings. The van der Waals surface area contributed by atoms with Gasteiger partial charge in [0.25, 0.3) is 0 Å². The number of ketones is 1. The van der Waals surface area contributed by atoms with Gasteiger partial charge >= 0.3 is 5.97 Å². The lowest BCUT2D eigenvalue weighted by Gasteiger charge is -2.17. The van der Waals surface area contributed by atoms with E-state index in [0.29, 0.717) is 13.0 Å². The minimum atomic E-state index is -0.200. The molecule has 20 heavy (non-hydrogen) atoms. The second kappa shape index (κ2) is 6.93. The van der Waals surface area contributed by atoms with Crippen LogP contribution in [0.3, 0.4) is 0 Å². The molecule has 2 atom stereocenters. The van der Waals surface area contributed by atoms with Crippen molar-refractivity contribution in [2.75, 3.05) is 12.4 Å². The van der Waals surface area contributed by atoms with Gasteiger partial charge in [-0.05, 0) is 26.0 Å². The standard InChI is InChI=1S/C16H20O3S/c1-3-19-15(17)10-14-13(8-9-20-14)16(18)12-6-4-11(2)5-7-12/h4-7,13-14H,3,8-10H2,1-2H3/t13-,14+/m0/s1. The van der Waals surface area contributed by atoms with Crippen molar-refractivity contribution in [3.05, 3.63) is 35.4 Å². The number of ether oxygens (including phenoxy) is 1. The number of hydrogen-bond acceptors (Lipinski definition) is 4. The van der Waals surface area contributed by atoms with Crippen molar-refractivity contribution in [1.29, 1.82) is 0 Å². The highest BCUT2D eigenvalue weighted by Gasteiger charge is 2.35. The van der Waals surface area contributed by atoms with Crippen molar-refractivity contribution >= 4 is 23.5 Å². The fourth-order valence-electron chi connectivity index (χ4n) is 2.47. The van der Waals surface area contributed by atoms with Crippen LogP contribution in [0.1, 0.15) is 35.7 Å². The third-order valence-electron chi connectivity index (χ3n) is 3.56. The molecule has 1 heterocycles. The van der Waals surface area contributed by atoms with Crippen molar-refractivity contribution in [2.45, 2.75) is 31.9 Å². The first-order chi connectivity index (χ1) is 9.61. The molecule has 3 nitrogen and oxygen atoms in total. The van der Waals surface area contributed by atoms with Gasteiger partial charge in [0.15, 0.2) is 5.78 Å². The van der Waals surface area contributed by atoms with E-state index in [-0.39, 0.29) is 22.9 Å². The minimum Gasteiger partial charge on any atom is -0.466 e. The second-order valence-corrected chi connectivity index (χ2v) is 6.39. The largest absolute Gasteiger partial charge is 0.466 e. The molecule has 0 unspecified atom stereocenters. The quantitative estimate of drug-likeness (QED) is 0.617. The van der Waals surface area contributed by atoms with Gasteiger partial charge in [-0.2, -0.15) is 11.8 Å². The molecule has 0 aliphatic carbocycles. The highest BCUT2D eigenvalue weighted by atomic mass is 32.2. The Hall–Kier alpha value is -1.29. The zero-order valence-electron chi connectivity index (χ0n) is 11.9. The zero-order valence-corrected chi connectivity index (χ0v) is 12.7. The van der Waals surface area contributed by atoms with Crippen LogP contribution in [0.15, 0.2) is 24.3 Å². The van der Waals surface area contributed by atoms with E-state index in [9.17, 15) is 9.59 Å². The van der Waals surface area contributed by atoms with Crippen LogP contribution < -0.4 is 0 Å². The summed E-state index contributed by atoms with van der Waals surface area (Å²) in [6, 6.07) is 7.66. The molecule has 0 aromatic heterocycles. The molecular weight excluding hydrogens is 272 g/mol. The summed E-state index contributed by atoms with van der Waals surface area (Å²) < 4.78 is 4.99. The summed E-state index contributed by atoms with van der Waals surface area (Å²) in [4.78, 5) is 24.1. The molecule has 0 saturated carbocycles. The molecule has 1 aromatic rings. The Morgan fingerprint density at radius 1 is 1.30 bits per heavy atom. The number of hydrogen-bond donors (Lipinski definition) is 0. The van der Waals surface area contributed by atoms with Crippen LogP contribution in [0.5, 0.6) is 0 Å². The van der Waals surface area contributed by atoms with Gasteiger partial charge in [-0.1, -0.05) is 29.8 Å². The molecule has 0 bridgehead atoms. The number of benzene rings is 1. The van der Waals surface area contributed by atoms with Gasteiger partial charge in [0.05, 0.1) is 13.0 Å². The van der Waals surface area contributed by atoms with E-state index in [1.54, 1.807) is 18.7 Å². The first-order valence-electron chi connectivity index (χ1n) is 7.00. The monoisotopic (exact) mass is 292 g/mol. The van der Waals surface area contributed by atoms with E-state index in [2.05, 4.69) is 0 Å². The minimum absolute atomic E-state index is 0.0582. The third kappa shape index (κ3) is 3.63. The van der Waals surface area contributed by atoms with Gasteiger partial charge in [0.1, 0.15) is 0 Å². The van der Waals surface area contributed by atoms with E-state index >= 15 is 0 Å². The van der Waals surface area contributed by atoms with E-state index in [1.807, 2.05) is 31.2 Å². The van der Waals surface area contributed by atoms with Crippen LogP contribution in [0.25, 0.3) is 0 Å². The summed E-state index contributed by atoms with van der Waals surface area (Å²) in [7, 11) is 0. The molecular formula is C16H20O3S. The molecule has 0 radical (unpaired) electrons. The fraction of sp³-hybridized carbons (Fsp3) is 0.500. The Labute approximate surface area is 124 Å². The molecule has 1 aliphatic heterocycles. The predicted octanol–water partition coefficient (Wildman–Crippen LogP) is 3.25. The highest BCUT2D eigenvalue weighted by molar-refractivity contribution is 8.00. The SMILES string of the molecule is CCOC(=O)C[C@H]1SCC[C@@H]1C(=O)c1ccc(C)cc1. The smallest absolute Gasteiger partial charge is 0.306 e. The third-order valence-corrected chi connectivity index (χ3v) is 4.95. The molecule has 1 aromatic carbocycles. The van der Waals surface area contributed by atoms with Crippen LogP contribution >= 0.6 is 11.8 Å². The van der Waals surface area contributed by atoms with Crippen LogP contribution in [-0.2, 0) is 9.53 Å². The number of esters is 1. The van der Waals surface area contributed by atoms with Crippen molar-refractivity contribution in [2.24, 2.45) is 5.92 Å². The lowest BCUT2D eigenvalue weighted by molar-refractivity contribution is -0.143. The molecule has 1 fully saturated rings. The van der Waals surface area contributed by atoms with Gasteiger partial charge in [-0.25, -0.2) is 0 Å². The van der Waals surface area contributed by atoms with Crippen molar-refractivity contribution in [3.8, 4) is 0 Å². The summed E-state index contributed by atoms with van der Waals surface area (Å²) in [5, 5.41) is 0.0582. The Balaban J connectivity index is 2.04. The first kappa shape index (κ1) is 15.1. The van der Waals surface area contributed by atoms with Crippen LogP contribution in [0.2, 0.25) is 0 Å². The summed E-state index contributed by atoms with van der Waals surface area (Å²) >= 11 is 1.71. The molecule has 4 heteroatoms.